The number of ether oxygens (including phenoxy) is 2. The molecule has 2 amide bonds. The highest BCUT2D eigenvalue weighted by atomic mass is 16.5. The van der Waals surface area contributed by atoms with Gasteiger partial charge in [-0.2, -0.15) is 0 Å². The van der Waals surface area contributed by atoms with Crippen molar-refractivity contribution in [1.82, 2.24) is 10.3 Å². The van der Waals surface area contributed by atoms with Crippen molar-refractivity contribution in [3.05, 3.63) is 53.7 Å². The van der Waals surface area contributed by atoms with Gasteiger partial charge in [-0.3, -0.25) is 10.7 Å². The van der Waals surface area contributed by atoms with Gasteiger partial charge >= 0.3 is 6.03 Å². The van der Waals surface area contributed by atoms with E-state index < -0.39 is 6.03 Å². The van der Waals surface area contributed by atoms with Crippen LogP contribution in [-0.4, -0.2) is 36.7 Å². The normalized spacial score (nSPS) is 17.1. The average molecular weight is 369 g/mol. The maximum Gasteiger partial charge on any atom is 0.320 e. The lowest BCUT2D eigenvalue weighted by molar-refractivity contribution is 0.0815. The predicted molar refractivity (Wildman–Crippen MR) is 103 cm³/mol. The molecule has 0 unspecified atom stereocenters. The first-order valence-corrected chi connectivity index (χ1v) is 8.71. The molecular formula is C19H23N5O3. The summed E-state index contributed by atoms with van der Waals surface area (Å²) >= 11 is 0. The second-order valence-electron chi connectivity index (χ2n) is 6.23. The molecule has 5 N–H and O–H groups in total. The lowest BCUT2D eigenvalue weighted by Gasteiger charge is -2.24. The molecule has 0 saturated carbocycles. The van der Waals surface area contributed by atoms with E-state index in [2.05, 4.69) is 15.6 Å². The minimum atomic E-state index is -0.402. The third-order valence-electron chi connectivity index (χ3n) is 4.41. The predicted octanol–water partition coefficient (Wildman–Crippen LogP) is 2.68. The molecular weight excluding hydrogens is 346 g/mol. The number of methoxy groups -OCH3 is 1. The molecule has 2 aromatic rings. The van der Waals surface area contributed by atoms with Crippen LogP contribution in [0.3, 0.4) is 0 Å². The van der Waals surface area contributed by atoms with E-state index in [-0.39, 0.29) is 23.9 Å². The molecule has 0 spiro atoms. The molecule has 0 radical (unpaired) electrons. The molecule has 2 heterocycles. The van der Waals surface area contributed by atoms with E-state index in [9.17, 15) is 4.79 Å². The Morgan fingerprint density at radius 2 is 2.19 bits per heavy atom. The fourth-order valence-electron chi connectivity index (χ4n) is 3.05. The van der Waals surface area contributed by atoms with Crippen molar-refractivity contribution in [2.24, 2.45) is 0 Å². The zero-order valence-electron chi connectivity index (χ0n) is 15.1. The lowest BCUT2D eigenvalue weighted by Crippen LogP contribution is -2.38. The molecule has 1 saturated heterocycles. The van der Waals surface area contributed by atoms with Crippen LogP contribution in [0.1, 0.15) is 30.0 Å². The first kappa shape index (κ1) is 18.7. The molecule has 0 aliphatic carbocycles. The summed E-state index contributed by atoms with van der Waals surface area (Å²) in [7, 11) is 1.39. The van der Waals surface area contributed by atoms with Crippen molar-refractivity contribution in [2.45, 2.75) is 25.0 Å². The van der Waals surface area contributed by atoms with Crippen LogP contribution in [0.4, 0.5) is 16.3 Å². The Morgan fingerprint density at radius 3 is 2.81 bits per heavy atom. The van der Waals surface area contributed by atoms with E-state index in [0.717, 1.165) is 18.4 Å². The van der Waals surface area contributed by atoms with Gasteiger partial charge in [0, 0.05) is 24.6 Å². The first-order valence-electron chi connectivity index (χ1n) is 8.71. The Hall–Kier alpha value is -3.13. The number of hydrogen-bond donors (Lipinski definition) is 4. The van der Waals surface area contributed by atoms with Gasteiger partial charge < -0.3 is 20.5 Å². The van der Waals surface area contributed by atoms with Crippen molar-refractivity contribution in [3.8, 4) is 0 Å². The van der Waals surface area contributed by atoms with E-state index >= 15 is 0 Å². The van der Waals surface area contributed by atoms with Crippen LogP contribution < -0.4 is 16.4 Å². The quantitative estimate of drug-likeness (QED) is 0.477. The number of aromatic nitrogens is 1. The summed E-state index contributed by atoms with van der Waals surface area (Å²) < 4.78 is 10.6. The van der Waals surface area contributed by atoms with Crippen LogP contribution >= 0.6 is 0 Å². The molecule has 142 valence electrons. The Labute approximate surface area is 157 Å². The average Bonchev–Trinajstić information content (AvgIpc) is 3.21. The number of pyridine rings is 1. The summed E-state index contributed by atoms with van der Waals surface area (Å²) in [5.41, 5.74) is 7.56. The van der Waals surface area contributed by atoms with E-state index in [1.165, 1.54) is 19.4 Å². The number of urea groups is 1. The molecule has 1 aliphatic rings. The standard InChI is InChI=1S/C19H23N5O3/c1-26-18(21)13-11-22-16(10-14(13)20)23-19(25)24-17(15-8-5-9-27-15)12-6-3-2-4-7-12/h2-4,6-7,10-11,15,17,21H,5,8-9H2,1H3,(H4,20,22,23,24,25)/t15-,17-/m0/s1. The van der Waals surface area contributed by atoms with Crippen molar-refractivity contribution in [2.75, 3.05) is 24.8 Å². The van der Waals surface area contributed by atoms with Gasteiger partial charge in [0.1, 0.15) is 5.82 Å². The molecule has 3 rings (SSSR count). The maximum absolute atomic E-state index is 12.5. The van der Waals surface area contributed by atoms with Crippen molar-refractivity contribution in [3.63, 3.8) is 0 Å². The monoisotopic (exact) mass is 369 g/mol. The van der Waals surface area contributed by atoms with Crippen LogP contribution in [0.25, 0.3) is 0 Å². The second-order valence-corrected chi connectivity index (χ2v) is 6.23. The summed E-state index contributed by atoms with van der Waals surface area (Å²) in [6.45, 7) is 0.697. The number of rotatable bonds is 5. The van der Waals surface area contributed by atoms with Gasteiger partial charge in [0.25, 0.3) is 0 Å². The summed E-state index contributed by atoms with van der Waals surface area (Å²) in [5.74, 6) is 0.204. The fourth-order valence-corrected chi connectivity index (χ4v) is 3.05. The highest BCUT2D eigenvalue weighted by molar-refractivity contribution is 5.97. The number of hydrogen-bond acceptors (Lipinski definition) is 6. The fraction of sp³-hybridized carbons (Fsp3) is 0.316. The van der Waals surface area contributed by atoms with Gasteiger partial charge in [0.15, 0.2) is 0 Å². The Bertz CT molecular complexity index is 806. The van der Waals surface area contributed by atoms with E-state index in [0.29, 0.717) is 17.9 Å². The van der Waals surface area contributed by atoms with E-state index in [1.807, 2.05) is 30.3 Å². The van der Waals surface area contributed by atoms with Gasteiger partial charge in [-0.25, -0.2) is 9.78 Å². The Kier molecular flexibility index (Phi) is 5.87. The number of nitrogens with zero attached hydrogens (tertiary/aromatic N) is 1. The van der Waals surface area contributed by atoms with Crippen LogP contribution in [0.15, 0.2) is 42.6 Å². The number of carbonyl (C=O) groups is 1. The minimum Gasteiger partial charge on any atom is -0.481 e. The Balaban J connectivity index is 1.71. The van der Waals surface area contributed by atoms with Gasteiger partial charge in [0.05, 0.1) is 24.8 Å². The maximum atomic E-state index is 12.5. The molecule has 1 aromatic carbocycles. The summed E-state index contributed by atoms with van der Waals surface area (Å²) in [4.78, 5) is 16.6. The van der Waals surface area contributed by atoms with Crippen LogP contribution in [0.5, 0.6) is 0 Å². The smallest absolute Gasteiger partial charge is 0.320 e. The number of amides is 2. The number of carbonyl (C=O) groups excluding carboxylic acids is 1. The number of anilines is 2. The van der Waals surface area contributed by atoms with E-state index in [4.69, 9.17) is 20.6 Å². The summed E-state index contributed by atoms with van der Waals surface area (Å²) in [6, 6.07) is 10.6. The minimum absolute atomic E-state index is 0.0688. The van der Waals surface area contributed by atoms with Crippen molar-refractivity contribution in [1.29, 1.82) is 5.41 Å². The van der Waals surface area contributed by atoms with E-state index in [1.54, 1.807) is 0 Å². The molecule has 27 heavy (non-hydrogen) atoms. The molecule has 8 nitrogen and oxygen atoms in total. The second kappa shape index (κ2) is 8.50. The molecule has 8 heteroatoms. The molecule has 1 aliphatic heterocycles. The van der Waals surface area contributed by atoms with Gasteiger partial charge in [-0.1, -0.05) is 30.3 Å². The number of nitrogens with two attached hydrogens (primary N) is 1. The molecule has 1 fully saturated rings. The first-order chi connectivity index (χ1) is 13.1. The van der Waals surface area contributed by atoms with Gasteiger partial charge in [-0.05, 0) is 18.4 Å². The largest absolute Gasteiger partial charge is 0.481 e. The number of benzene rings is 1. The topological polar surface area (TPSA) is 122 Å². The molecule has 0 bridgehead atoms. The van der Waals surface area contributed by atoms with Crippen LogP contribution in [0.2, 0.25) is 0 Å². The summed E-state index contributed by atoms with van der Waals surface area (Å²) in [5, 5.41) is 13.3. The van der Waals surface area contributed by atoms with Crippen molar-refractivity contribution < 1.29 is 14.3 Å². The lowest BCUT2D eigenvalue weighted by atomic mass is 9.99. The van der Waals surface area contributed by atoms with Crippen molar-refractivity contribution >= 4 is 23.4 Å². The van der Waals surface area contributed by atoms with Crippen LogP contribution in [0, 0.1) is 5.41 Å². The number of nitrogens with one attached hydrogen (secondary N) is 3. The Morgan fingerprint density at radius 1 is 1.41 bits per heavy atom. The van der Waals surface area contributed by atoms with Gasteiger partial charge in [-0.15, -0.1) is 0 Å². The van der Waals surface area contributed by atoms with Gasteiger partial charge in [0.2, 0.25) is 5.90 Å². The third-order valence-corrected chi connectivity index (χ3v) is 4.41. The zero-order valence-corrected chi connectivity index (χ0v) is 15.1. The summed E-state index contributed by atoms with van der Waals surface area (Å²) in [6.07, 6.45) is 3.19. The van der Waals surface area contributed by atoms with Crippen LogP contribution in [-0.2, 0) is 9.47 Å². The highest BCUT2D eigenvalue weighted by Crippen LogP contribution is 2.27. The molecule has 1 aromatic heterocycles. The highest BCUT2D eigenvalue weighted by Gasteiger charge is 2.28. The number of nitrogen functional groups attached to an aromatic ring is 1. The third kappa shape index (κ3) is 4.53. The molecule has 2 atom stereocenters. The SMILES string of the molecule is COC(=N)c1cnc(NC(=O)N[C@@H](c2ccccc2)[C@@H]2CCCO2)cc1N. The zero-order chi connectivity index (χ0) is 19.2.